The highest BCUT2D eigenvalue weighted by molar-refractivity contribution is 5.94. The van der Waals surface area contributed by atoms with Gasteiger partial charge in [0.15, 0.2) is 5.78 Å². The molecule has 3 aliphatic rings. The molecule has 2 saturated carbocycles. The van der Waals surface area contributed by atoms with Crippen molar-refractivity contribution in [3.05, 3.63) is 29.8 Å². The van der Waals surface area contributed by atoms with Gasteiger partial charge in [-0.05, 0) is 66.7 Å². The number of fused-ring (bicyclic) bond motifs is 2. The van der Waals surface area contributed by atoms with E-state index in [-0.39, 0.29) is 46.7 Å². The van der Waals surface area contributed by atoms with Gasteiger partial charge < -0.3 is 25.3 Å². The summed E-state index contributed by atoms with van der Waals surface area (Å²) in [6.07, 6.45) is 1.60. The number of hydrogen-bond donors (Lipinski definition) is 3. The van der Waals surface area contributed by atoms with Gasteiger partial charge in [-0.2, -0.15) is 0 Å². The maximum Gasteiger partial charge on any atom is 0.247 e. The fourth-order valence-corrected chi connectivity index (χ4v) is 6.75. The van der Waals surface area contributed by atoms with Crippen LogP contribution in [0.5, 0.6) is 0 Å². The van der Waals surface area contributed by atoms with Crippen LogP contribution in [-0.2, 0) is 9.59 Å². The van der Waals surface area contributed by atoms with Gasteiger partial charge in [0.25, 0.3) is 0 Å². The number of rotatable bonds is 7. The molecule has 8 heteroatoms. The first-order chi connectivity index (χ1) is 16.5. The zero-order valence-corrected chi connectivity index (χ0v) is 21.3. The summed E-state index contributed by atoms with van der Waals surface area (Å²) in [5.74, 6) is -0.409. The zero-order chi connectivity index (χ0) is 25.5. The van der Waals surface area contributed by atoms with Gasteiger partial charge in [-0.15, -0.1) is 0 Å². The Hall–Kier alpha value is -2.45. The summed E-state index contributed by atoms with van der Waals surface area (Å²) in [6.45, 7) is 9.78. The largest absolute Gasteiger partial charge is 0.394 e. The highest BCUT2D eigenvalue weighted by atomic mass is 16.3. The van der Waals surface area contributed by atoms with Crippen LogP contribution in [0.2, 0.25) is 0 Å². The van der Waals surface area contributed by atoms with Crippen molar-refractivity contribution in [2.24, 2.45) is 22.7 Å². The number of aliphatic hydroxyl groups excluding tert-OH is 2. The Bertz CT molecular complexity index is 970. The number of hydrogen-bond acceptors (Lipinski definition) is 6. The summed E-state index contributed by atoms with van der Waals surface area (Å²) in [5, 5.41) is 23.6. The molecule has 0 aromatic heterocycles. The Balaban J connectivity index is 1.31. The standard InChI is InChI=1S/C27H39N3O5/c1-17(32)18-5-7-19(8-6-18)29-11-13-30(14-12-29)25(35)22(16-31)28-23(33)15-20-21-9-10-27(4,24(20)34)26(21,2)3/h5-8,20-22,24,31,34H,9-16H2,1-4H3,(H,28,33)/t20?,21?,22-,24?,27?/m0/s1. The quantitative estimate of drug-likeness (QED) is 0.509. The Morgan fingerprint density at radius 1 is 1.09 bits per heavy atom. The van der Waals surface area contributed by atoms with Gasteiger partial charge in [-0.25, -0.2) is 0 Å². The number of benzene rings is 1. The monoisotopic (exact) mass is 485 g/mol. The summed E-state index contributed by atoms with van der Waals surface area (Å²) in [4.78, 5) is 41.2. The molecule has 2 aliphatic carbocycles. The molecule has 0 spiro atoms. The molecule has 2 amide bonds. The van der Waals surface area contributed by atoms with Crippen LogP contribution in [0.4, 0.5) is 5.69 Å². The molecule has 4 rings (SSSR count). The molecule has 4 unspecified atom stereocenters. The molecule has 2 bridgehead atoms. The second-order valence-corrected chi connectivity index (χ2v) is 11.3. The van der Waals surface area contributed by atoms with Gasteiger partial charge in [0.05, 0.1) is 12.7 Å². The van der Waals surface area contributed by atoms with Gasteiger partial charge in [0.1, 0.15) is 6.04 Å². The summed E-state index contributed by atoms with van der Waals surface area (Å²) in [6, 6.07) is 6.46. The molecule has 1 aliphatic heterocycles. The van der Waals surface area contributed by atoms with Crippen molar-refractivity contribution < 1.29 is 24.6 Å². The molecule has 192 valence electrons. The summed E-state index contributed by atoms with van der Waals surface area (Å²) in [5.41, 5.74) is 1.44. The average molecular weight is 486 g/mol. The number of nitrogens with zero attached hydrogens (tertiary/aromatic N) is 2. The summed E-state index contributed by atoms with van der Waals surface area (Å²) >= 11 is 0. The van der Waals surface area contributed by atoms with Crippen molar-refractivity contribution in [3.8, 4) is 0 Å². The van der Waals surface area contributed by atoms with E-state index in [9.17, 15) is 24.6 Å². The fraction of sp³-hybridized carbons (Fsp3) is 0.667. The third kappa shape index (κ3) is 4.47. The molecule has 0 radical (unpaired) electrons. The lowest BCUT2D eigenvalue weighted by Gasteiger charge is -2.38. The zero-order valence-electron chi connectivity index (χ0n) is 21.3. The Labute approximate surface area is 207 Å². The molecule has 1 heterocycles. The maximum absolute atomic E-state index is 13.1. The molecule has 8 nitrogen and oxygen atoms in total. The average Bonchev–Trinajstić information content (AvgIpc) is 3.15. The molecule has 35 heavy (non-hydrogen) atoms. The minimum Gasteiger partial charge on any atom is -0.394 e. The highest BCUT2D eigenvalue weighted by Crippen LogP contribution is 2.68. The van der Waals surface area contributed by atoms with E-state index < -0.39 is 18.8 Å². The summed E-state index contributed by atoms with van der Waals surface area (Å²) < 4.78 is 0. The minimum atomic E-state index is -0.983. The van der Waals surface area contributed by atoms with Crippen molar-refractivity contribution in [3.63, 3.8) is 0 Å². The van der Waals surface area contributed by atoms with Crippen LogP contribution in [0, 0.1) is 22.7 Å². The van der Waals surface area contributed by atoms with Crippen LogP contribution in [0.3, 0.4) is 0 Å². The minimum absolute atomic E-state index is 0.0249. The van der Waals surface area contributed by atoms with E-state index in [1.54, 1.807) is 17.0 Å². The number of piperazine rings is 1. The molecule has 1 aromatic rings. The Morgan fingerprint density at radius 2 is 1.71 bits per heavy atom. The smallest absolute Gasteiger partial charge is 0.247 e. The van der Waals surface area contributed by atoms with Crippen molar-refractivity contribution in [1.82, 2.24) is 10.2 Å². The van der Waals surface area contributed by atoms with Crippen molar-refractivity contribution in [1.29, 1.82) is 0 Å². The van der Waals surface area contributed by atoms with Gasteiger partial charge >= 0.3 is 0 Å². The number of anilines is 1. The first-order valence-electron chi connectivity index (χ1n) is 12.7. The van der Waals surface area contributed by atoms with Crippen LogP contribution in [0.1, 0.15) is 57.3 Å². The van der Waals surface area contributed by atoms with Crippen LogP contribution >= 0.6 is 0 Å². The number of Topliss-reactive ketones (excluding diaryl/α,β-unsaturated/α-hetero) is 1. The van der Waals surface area contributed by atoms with Crippen LogP contribution in [-0.4, -0.2) is 77.6 Å². The van der Waals surface area contributed by atoms with E-state index in [2.05, 4.69) is 31.0 Å². The van der Waals surface area contributed by atoms with Crippen molar-refractivity contribution in [2.75, 3.05) is 37.7 Å². The van der Waals surface area contributed by atoms with Gasteiger partial charge in [0, 0.05) is 43.9 Å². The number of amides is 2. The predicted molar refractivity (Wildman–Crippen MR) is 133 cm³/mol. The lowest BCUT2D eigenvalue weighted by Crippen LogP contribution is -2.56. The van der Waals surface area contributed by atoms with Crippen LogP contribution in [0.15, 0.2) is 24.3 Å². The number of ketones is 1. The highest BCUT2D eigenvalue weighted by Gasteiger charge is 2.65. The van der Waals surface area contributed by atoms with Gasteiger partial charge in [0.2, 0.25) is 11.8 Å². The molecule has 5 atom stereocenters. The van der Waals surface area contributed by atoms with E-state index in [0.717, 1.165) is 18.5 Å². The molecule has 1 saturated heterocycles. The van der Waals surface area contributed by atoms with E-state index >= 15 is 0 Å². The number of aliphatic hydroxyl groups is 2. The van der Waals surface area contributed by atoms with E-state index in [4.69, 9.17) is 0 Å². The topological polar surface area (TPSA) is 110 Å². The first-order valence-corrected chi connectivity index (χ1v) is 12.7. The molecule has 3 fully saturated rings. The number of nitrogens with one attached hydrogen (secondary N) is 1. The van der Waals surface area contributed by atoms with Gasteiger partial charge in [-0.1, -0.05) is 20.8 Å². The third-order valence-electron chi connectivity index (χ3n) is 9.42. The lowest BCUT2D eigenvalue weighted by molar-refractivity contribution is -0.138. The molecule has 1 aromatic carbocycles. The second kappa shape index (κ2) is 9.54. The fourth-order valence-electron chi connectivity index (χ4n) is 6.75. The molecular weight excluding hydrogens is 446 g/mol. The predicted octanol–water partition coefficient (Wildman–Crippen LogP) is 1.84. The Morgan fingerprint density at radius 3 is 2.23 bits per heavy atom. The summed E-state index contributed by atoms with van der Waals surface area (Å²) in [7, 11) is 0. The van der Waals surface area contributed by atoms with Gasteiger partial charge in [-0.3, -0.25) is 14.4 Å². The first kappa shape index (κ1) is 25.6. The normalized spacial score (nSPS) is 30.3. The maximum atomic E-state index is 13.1. The van der Waals surface area contributed by atoms with Crippen molar-refractivity contribution >= 4 is 23.3 Å². The number of carbonyl (C=O) groups is 3. The Kier molecular flexibility index (Phi) is 6.99. The number of carbonyl (C=O) groups excluding carboxylic acids is 3. The lowest BCUT2D eigenvalue weighted by atomic mass is 9.70. The molecule has 3 N–H and O–H groups in total. The van der Waals surface area contributed by atoms with Crippen LogP contribution in [0.25, 0.3) is 0 Å². The van der Waals surface area contributed by atoms with E-state index in [0.29, 0.717) is 31.7 Å². The van der Waals surface area contributed by atoms with Crippen molar-refractivity contribution in [2.45, 2.75) is 59.1 Å². The van der Waals surface area contributed by atoms with E-state index in [1.807, 2.05) is 12.1 Å². The third-order valence-corrected chi connectivity index (χ3v) is 9.42. The van der Waals surface area contributed by atoms with Crippen LogP contribution < -0.4 is 10.2 Å². The molecular formula is C27H39N3O5. The van der Waals surface area contributed by atoms with E-state index in [1.165, 1.54) is 6.92 Å². The second-order valence-electron chi connectivity index (χ2n) is 11.3. The SMILES string of the molecule is CC(=O)c1ccc(N2CCN(C(=O)[C@H](CO)NC(=O)CC3C4CCC(C)(C3O)C4(C)C)CC2)cc1.